The van der Waals surface area contributed by atoms with Crippen LogP contribution in [0.15, 0.2) is 12.4 Å². The Labute approximate surface area is 110 Å². The van der Waals surface area contributed by atoms with Crippen LogP contribution in [-0.4, -0.2) is 42.0 Å². The third-order valence-electron chi connectivity index (χ3n) is 3.42. The second-order valence-corrected chi connectivity index (χ2v) is 4.85. The Hall–Kier alpha value is -2.18. The van der Waals surface area contributed by atoms with E-state index in [0.717, 1.165) is 0 Å². The number of nitrogens with two attached hydrogens (primary N) is 1. The lowest BCUT2D eigenvalue weighted by atomic mass is 9.89. The predicted octanol–water partition coefficient (Wildman–Crippen LogP) is -0.0351. The number of primary amides is 1. The number of carbonyl (C=O) groups is 2. The fourth-order valence-electron chi connectivity index (χ4n) is 2.05. The van der Waals surface area contributed by atoms with E-state index in [4.69, 9.17) is 5.73 Å². The summed E-state index contributed by atoms with van der Waals surface area (Å²) in [5.41, 5.74) is 5.01. The SMILES string of the molecule is COC(=O)c1cnc(N2CCC(C)(C(N)=O)C2)cn1. The van der Waals surface area contributed by atoms with Gasteiger partial charge in [0.15, 0.2) is 5.69 Å². The number of rotatable bonds is 3. The maximum absolute atomic E-state index is 11.4. The fourth-order valence-corrected chi connectivity index (χ4v) is 2.05. The maximum atomic E-state index is 11.4. The van der Waals surface area contributed by atoms with Crippen LogP contribution in [0.5, 0.6) is 0 Å². The Bertz CT molecular complexity index is 502. The summed E-state index contributed by atoms with van der Waals surface area (Å²) < 4.78 is 4.55. The highest BCUT2D eigenvalue weighted by Gasteiger charge is 2.39. The first-order chi connectivity index (χ1) is 8.96. The van der Waals surface area contributed by atoms with Gasteiger partial charge < -0.3 is 15.4 Å². The van der Waals surface area contributed by atoms with Crippen molar-refractivity contribution in [1.29, 1.82) is 0 Å². The molecule has 1 unspecified atom stereocenters. The van der Waals surface area contributed by atoms with Crippen molar-refractivity contribution in [3.05, 3.63) is 18.1 Å². The molecule has 2 rings (SSSR count). The summed E-state index contributed by atoms with van der Waals surface area (Å²) in [6, 6.07) is 0. The number of esters is 1. The van der Waals surface area contributed by atoms with Crippen LogP contribution in [-0.2, 0) is 9.53 Å². The van der Waals surface area contributed by atoms with E-state index in [9.17, 15) is 9.59 Å². The Morgan fingerprint density at radius 3 is 2.63 bits per heavy atom. The molecule has 19 heavy (non-hydrogen) atoms. The van der Waals surface area contributed by atoms with Gasteiger partial charge in [-0.25, -0.2) is 14.8 Å². The minimum atomic E-state index is -0.539. The van der Waals surface area contributed by atoms with Crippen LogP contribution in [0.1, 0.15) is 23.8 Å². The van der Waals surface area contributed by atoms with Crippen molar-refractivity contribution in [3.63, 3.8) is 0 Å². The van der Waals surface area contributed by atoms with Crippen molar-refractivity contribution < 1.29 is 14.3 Å². The number of hydrogen-bond donors (Lipinski definition) is 1. The van der Waals surface area contributed by atoms with Crippen molar-refractivity contribution in [2.45, 2.75) is 13.3 Å². The molecule has 1 saturated heterocycles. The molecule has 1 fully saturated rings. The summed E-state index contributed by atoms with van der Waals surface area (Å²) in [6.45, 7) is 3.03. The smallest absolute Gasteiger partial charge is 0.358 e. The molecule has 1 aromatic heterocycles. The molecule has 2 heterocycles. The Balaban J connectivity index is 2.12. The van der Waals surface area contributed by atoms with E-state index in [2.05, 4.69) is 14.7 Å². The van der Waals surface area contributed by atoms with Crippen molar-refractivity contribution in [1.82, 2.24) is 9.97 Å². The molecule has 0 bridgehead atoms. The Kier molecular flexibility index (Phi) is 3.37. The van der Waals surface area contributed by atoms with Crippen molar-refractivity contribution in [2.24, 2.45) is 11.1 Å². The van der Waals surface area contributed by atoms with Crippen molar-refractivity contribution in [3.8, 4) is 0 Å². The first-order valence-corrected chi connectivity index (χ1v) is 5.91. The quantitative estimate of drug-likeness (QED) is 0.769. The number of methoxy groups -OCH3 is 1. The Morgan fingerprint density at radius 1 is 1.42 bits per heavy atom. The highest BCUT2D eigenvalue weighted by atomic mass is 16.5. The third kappa shape index (κ3) is 2.49. The average molecular weight is 264 g/mol. The molecule has 1 aromatic rings. The van der Waals surface area contributed by atoms with Crippen molar-refractivity contribution >= 4 is 17.7 Å². The number of hydrogen-bond acceptors (Lipinski definition) is 6. The molecule has 1 amide bonds. The molecule has 0 saturated carbocycles. The third-order valence-corrected chi connectivity index (χ3v) is 3.42. The van der Waals surface area contributed by atoms with Gasteiger partial charge in [0.05, 0.1) is 24.9 Å². The van der Waals surface area contributed by atoms with Crippen LogP contribution in [0.3, 0.4) is 0 Å². The highest BCUT2D eigenvalue weighted by Crippen LogP contribution is 2.31. The van der Waals surface area contributed by atoms with Gasteiger partial charge in [0.1, 0.15) is 5.82 Å². The van der Waals surface area contributed by atoms with E-state index in [1.54, 1.807) is 0 Å². The van der Waals surface area contributed by atoms with Gasteiger partial charge in [-0.05, 0) is 13.3 Å². The summed E-state index contributed by atoms with van der Waals surface area (Å²) in [4.78, 5) is 32.7. The van der Waals surface area contributed by atoms with Gasteiger partial charge in [-0.3, -0.25) is 4.79 Å². The van der Waals surface area contributed by atoms with Gasteiger partial charge in [-0.1, -0.05) is 0 Å². The lowest BCUT2D eigenvalue weighted by Gasteiger charge is -2.21. The van der Waals surface area contributed by atoms with E-state index in [0.29, 0.717) is 25.3 Å². The molecule has 102 valence electrons. The van der Waals surface area contributed by atoms with Crippen LogP contribution in [0.4, 0.5) is 5.82 Å². The van der Waals surface area contributed by atoms with Gasteiger partial charge in [-0.2, -0.15) is 0 Å². The zero-order chi connectivity index (χ0) is 14.0. The molecule has 1 atom stereocenters. The summed E-state index contributed by atoms with van der Waals surface area (Å²) in [5, 5.41) is 0. The van der Waals surface area contributed by atoms with E-state index in [1.807, 2.05) is 11.8 Å². The van der Waals surface area contributed by atoms with Crippen LogP contribution in [0.2, 0.25) is 0 Å². The molecule has 0 spiro atoms. The predicted molar refractivity (Wildman–Crippen MR) is 67.5 cm³/mol. The zero-order valence-corrected chi connectivity index (χ0v) is 10.9. The first kappa shape index (κ1) is 13.3. The van der Waals surface area contributed by atoms with Crippen LogP contribution >= 0.6 is 0 Å². The number of ether oxygens (including phenoxy) is 1. The number of amides is 1. The van der Waals surface area contributed by atoms with Crippen molar-refractivity contribution in [2.75, 3.05) is 25.1 Å². The van der Waals surface area contributed by atoms with Crippen LogP contribution in [0, 0.1) is 5.41 Å². The topological polar surface area (TPSA) is 98.4 Å². The van der Waals surface area contributed by atoms with E-state index < -0.39 is 11.4 Å². The van der Waals surface area contributed by atoms with Gasteiger partial charge in [-0.15, -0.1) is 0 Å². The molecule has 0 aromatic carbocycles. The van der Waals surface area contributed by atoms with E-state index >= 15 is 0 Å². The standard InChI is InChI=1S/C12H16N4O3/c1-12(11(13)18)3-4-16(7-12)9-6-14-8(5-15-9)10(17)19-2/h5-6H,3-4,7H2,1-2H3,(H2,13,18). The van der Waals surface area contributed by atoms with E-state index in [-0.39, 0.29) is 11.6 Å². The summed E-state index contributed by atoms with van der Waals surface area (Å²) in [6.07, 6.45) is 3.54. The largest absolute Gasteiger partial charge is 0.464 e. The van der Waals surface area contributed by atoms with Crippen LogP contribution in [0.25, 0.3) is 0 Å². The second-order valence-electron chi connectivity index (χ2n) is 4.85. The summed E-state index contributed by atoms with van der Waals surface area (Å²) in [5.74, 6) is -0.214. The molecule has 1 aliphatic rings. The number of carbonyl (C=O) groups excluding carboxylic acids is 2. The second kappa shape index (κ2) is 4.83. The monoisotopic (exact) mass is 264 g/mol. The molecule has 7 heteroatoms. The lowest BCUT2D eigenvalue weighted by Crippen LogP contribution is -2.37. The van der Waals surface area contributed by atoms with Crippen LogP contribution < -0.4 is 10.6 Å². The molecule has 0 aliphatic carbocycles. The van der Waals surface area contributed by atoms with Gasteiger partial charge in [0.2, 0.25) is 5.91 Å². The maximum Gasteiger partial charge on any atom is 0.358 e. The minimum absolute atomic E-state index is 0.156. The zero-order valence-electron chi connectivity index (χ0n) is 10.9. The lowest BCUT2D eigenvalue weighted by molar-refractivity contribution is -0.125. The molecule has 2 N–H and O–H groups in total. The fraction of sp³-hybridized carbons (Fsp3) is 0.500. The molecular weight excluding hydrogens is 248 g/mol. The normalized spacial score (nSPS) is 22.3. The molecular formula is C12H16N4O3. The summed E-state index contributed by atoms with van der Waals surface area (Å²) >= 11 is 0. The number of anilines is 1. The summed E-state index contributed by atoms with van der Waals surface area (Å²) in [7, 11) is 1.29. The molecule has 7 nitrogen and oxygen atoms in total. The first-order valence-electron chi connectivity index (χ1n) is 5.91. The molecule has 0 radical (unpaired) electrons. The van der Waals surface area contributed by atoms with Gasteiger partial charge in [0.25, 0.3) is 0 Å². The number of aromatic nitrogens is 2. The van der Waals surface area contributed by atoms with Gasteiger partial charge in [0, 0.05) is 13.1 Å². The minimum Gasteiger partial charge on any atom is -0.464 e. The Morgan fingerprint density at radius 2 is 2.16 bits per heavy atom. The highest BCUT2D eigenvalue weighted by molar-refractivity contribution is 5.86. The molecule has 1 aliphatic heterocycles. The van der Waals surface area contributed by atoms with E-state index in [1.165, 1.54) is 19.5 Å². The average Bonchev–Trinajstić information content (AvgIpc) is 2.82. The number of nitrogens with zero attached hydrogens (tertiary/aromatic N) is 3. The van der Waals surface area contributed by atoms with Gasteiger partial charge >= 0.3 is 5.97 Å².